The zero-order valence-electron chi connectivity index (χ0n) is 17.6. The van der Waals surface area contributed by atoms with E-state index in [-0.39, 0.29) is 18.4 Å². The lowest BCUT2D eigenvalue weighted by atomic mass is 10.1. The van der Waals surface area contributed by atoms with Gasteiger partial charge in [0.2, 0.25) is 0 Å². The Labute approximate surface area is 174 Å². The Morgan fingerprint density at radius 3 is 2.48 bits per heavy atom. The number of aliphatic imine (C=N–C) groups is 1. The number of nitrogens with one attached hydrogen (secondary N) is 2. The van der Waals surface area contributed by atoms with E-state index >= 15 is 0 Å². The summed E-state index contributed by atoms with van der Waals surface area (Å²) in [7, 11) is -3.33. The third-order valence-corrected chi connectivity index (χ3v) is 5.83. The lowest BCUT2D eigenvalue weighted by Gasteiger charge is -2.15. The van der Waals surface area contributed by atoms with Crippen LogP contribution in [0.1, 0.15) is 31.9 Å². The maximum atomic E-state index is 12.4. The van der Waals surface area contributed by atoms with Gasteiger partial charge in [0.25, 0.3) is 0 Å². The van der Waals surface area contributed by atoms with Crippen molar-refractivity contribution in [1.29, 1.82) is 0 Å². The standard InChI is InChI=1S/C22H31N3O3S/c1-5-23-22(24-13-14-29(26,27)20-9-7-6-8-10-20)25-16-19-12-11-18(4)15-21(19)28-17(2)3/h6-12,15,17H,5,13-14,16H2,1-4H3,(H2,23,24,25). The quantitative estimate of drug-likeness (QED) is 0.483. The van der Waals surface area contributed by atoms with E-state index in [0.29, 0.717) is 23.9 Å². The van der Waals surface area contributed by atoms with Crippen LogP contribution >= 0.6 is 0 Å². The molecule has 0 aliphatic rings. The van der Waals surface area contributed by atoms with E-state index < -0.39 is 9.84 Å². The lowest BCUT2D eigenvalue weighted by molar-refractivity contribution is 0.240. The van der Waals surface area contributed by atoms with Gasteiger partial charge in [-0.1, -0.05) is 30.3 Å². The first-order valence-corrected chi connectivity index (χ1v) is 11.5. The molecular formula is C22H31N3O3S. The van der Waals surface area contributed by atoms with Crippen molar-refractivity contribution in [3.63, 3.8) is 0 Å². The molecule has 29 heavy (non-hydrogen) atoms. The maximum absolute atomic E-state index is 12.4. The number of ether oxygens (including phenoxy) is 1. The van der Waals surface area contributed by atoms with Crippen LogP contribution in [0.4, 0.5) is 0 Å². The highest BCUT2D eigenvalue weighted by Crippen LogP contribution is 2.22. The van der Waals surface area contributed by atoms with Crippen LogP contribution in [0.25, 0.3) is 0 Å². The van der Waals surface area contributed by atoms with Gasteiger partial charge in [-0.15, -0.1) is 0 Å². The zero-order valence-corrected chi connectivity index (χ0v) is 18.4. The van der Waals surface area contributed by atoms with Gasteiger partial charge in [0.15, 0.2) is 15.8 Å². The Bertz CT molecular complexity index is 910. The predicted octanol–water partition coefficient (Wildman–Crippen LogP) is 3.31. The summed E-state index contributed by atoms with van der Waals surface area (Å²) in [5.74, 6) is 1.39. The van der Waals surface area contributed by atoms with Gasteiger partial charge in [-0.25, -0.2) is 13.4 Å². The van der Waals surface area contributed by atoms with E-state index in [1.807, 2.05) is 45.9 Å². The molecule has 0 amide bonds. The molecule has 0 saturated heterocycles. The van der Waals surface area contributed by atoms with Gasteiger partial charge in [0.05, 0.1) is 23.3 Å². The largest absolute Gasteiger partial charge is 0.491 e. The van der Waals surface area contributed by atoms with Crippen LogP contribution in [0.3, 0.4) is 0 Å². The van der Waals surface area contributed by atoms with E-state index in [9.17, 15) is 8.42 Å². The molecule has 0 bridgehead atoms. The first-order chi connectivity index (χ1) is 13.8. The van der Waals surface area contributed by atoms with Gasteiger partial charge in [0, 0.05) is 18.7 Å². The van der Waals surface area contributed by atoms with Crippen molar-refractivity contribution in [2.75, 3.05) is 18.8 Å². The van der Waals surface area contributed by atoms with Gasteiger partial charge in [-0.05, 0) is 51.5 Å². The summed E-state index contributed by atoms with van der Waals surface area (Å²) in [6, 6.07) is 14.5. The first kappa shape index (κ1) is 22.7. The average Bonchev–Trinajstić information content (AvgIpc) is 2.67. The molecule has 0 aliphatic heterocycles. The smallest absolute Gasteiger partial charge is 0.191 e. The van der Waals surface area contributed by atoms with Gasteiger partial charge in [-0.2, -0.15) is 0 Å². The Kier molecular flexibility index (Phi) is 8.51. The summed E-state index contributed by atoms with van der Waals surface area (Å²) in [5, 5.41) is 6.26. The molecule has 2 aromatic carbocycles. The Hall–Kier alpha value is -2.54. The van der Waals surface area contributed by atoms with Crippen LogP contribution in [-0.4, -0.2) is 39.3 Å². The SMILES string of the molecule is CCNC(=NCc1ccc(C)cc1OC(C)C)NCCS(=O)(=O)c1ccccc1. The molecule has 0 unspecified atom stereocenters. The molecule has 2 rings (SSSR count). The summed E-state index contributed by atoms with van der Waals surface area (Å²) in [6.45, 7) is 9.37. The second kappa shape index (κ2) is 10.9. The van der Waals surface area contributed by atoms with Crippen LogP contribution in [-0.2, 0) is 16.4 Å². The molecule has 0 saturated carbocycles. The number of benzene rings is 2. The summed E-state index contributed by atoms with van der Waals surface area (Å²) < 4.78 is 30.7. The number of hydrogen-bond donors (Lipinski definition) is 2. The Morgan fingerprint density at radius 1 is 1.10 bits per heavy atom. The molecule has 7 heteroatoms. The highest BCUT2D eigenvalue weighted by Gasteiger charge is 2.13. The van der Waals surface area contributed by atoms with E-state index in [4.69, 9.17) is 4.74 Å². The Morgan fingerprint density at radius 2 is 1.83 bits per heavy atom. The zero-order chi connectivity index (χ0) is 21.3. The van der Waals surface area contributed by atoms with Crippen molar-refractivity contribution in [1.82, 2.24) is 10.6 Å². The number of hydrogen-bond acceptors (Lipinski definition) is 4. The van der Waals surface area contributed by atoms with Crippen LogP contribution in [0.5, 0.6) is 5.75 Å². The highest BCUT2D eigenvalue weighted by molar-refractivity contribution is 7.91. The molecule has 0 radical (unpaired) electrons. The summed E-state index contributed by atoms with van der Waals surface area (Å²) in [6.07, 6.45) is 0.0779. The van der Waals surface area contributed by atoms with Gasteiger partial charge < -0.3 is 15.4 Å². The predicted molar refractivity (Wildman–Crippen MR) is 118 cm³/mol. The number of nitrogens with zero attached hydrogens (tertiary/aromatic N) is 1. The van der Waals surface area contributed by atoms with Gasteiger partial charge in [0.1, 0.15) is 5.75 Å². The average molecular weight is 418 g/mol. The van der Waals surface area contributed by atoms with E-state index in [0.717, 1.165) is 16.9 Å². The second-order valence-corrected chi connectivity index (χ2v) is 9.14. The lowest BCUT2D eigenvalue weighted by Crippen LogP contribution is -2.39. The molecule has 6 nitrogen and oxygen atoms in total. The minimum Gasteiger partial charge on any atom is -0.491 e. The molecule has 0 spiro atoms. The summed E-state index contributed by atoms with van der Waals surface area (Å²) in [4.78, 5) is 4.93. The van der Waals surface area contributed by atoms with E-state index in [1.54, 1.807) is 30.3 Å². The second-order valence-electron chi connectivity index (χ2n) is 7.03. The fourth-order valence-corrected chi connectivity index (χ4v) is 3.89. The van der Waals surface area contributed by atoms with Crippen molar-refractivity contribution in [2.24, 2.45) is 4.99 Å². The molecule has 0 aliphatic carbocycles. The first-order valence-electron chi connectivity index (χ1n) is 9.88. The third kappa shape index (κ3) is 7.42. The number of sulfone groups is 1. The molecule has 2 N–H and O–H groups in total. The van der Waals surface area contributed by atoms with Crippen molar-refractivity contribution in [3.8, 4) is 5.75 Å². The van der Waals surface area contributed by atoms with E-state index in [2.05, 4.69) is 15.6 Å². The topological polar surface area (TPSA) is 79.8 Å². The maximum Gasteiger partial charge on any atom is 0.191 e. The highest BCUT2D eigenvalue weighted by atomic mass is 32.2. The minimum absolute atomic E-state index is 0.00628. The Balaban J connectivity index is 2.03. The molecule has 158 valence electrons. The fourth-order valence-electron chi connectivity index (χ4n) is 2.71. The van der Waals surface area contributed by atoms with Crippen molar-refractivity contribution >= 4 is 15.8 Å². The van der Waals surface area contributed by atoms with Crippen molar-refractivity contribution in [3.05, 3.63) is 59.7 Å². The van der Waals surface area contributed by atoms with Gasteiger partial charge in [-0.3, -0.25) is 0 Å². The van der Waals surface area contributed by atoms with Crippen molar-refractivity contribution < 1.29 is 13.2 Å². The minimum atomic E-state index is -3.33. The summed E-state index contributed by atoms with van der Waals surface area (Å²) >= 11 is 0. The molecule has 0 atom stereocenters. The number of guanidine groups is 1. The van der Waals surface area contributed by atoms with Crippen LogP contribution in [0.15, 0.2) is 58.4 Å². The van der Waals surface area contributed by atoms with E-state index in [1.165, 1.54) is 0 Å². The molecular weight excluding hydrogens is 386 g/mol. The van der Waals surface area contributed by atoms with Gasteiger partial charge >= 0.3 is 0 Å². The number of aryl methyl sites for hydroxylation is 1. The van der Waals surface area contributed by atoms with Crippen molar-refractivity contribution in [2.45, 2.75) is 45.2 Å². The fraction of sp³-hybridized carbons (Fsp3) is 0.409. The van der Waals surface area contributed by atoms with Crippen LogP contribution < -0.4 is 15.4 Å². The summed E-state index contributed by atoms with van der Waals surface area (Å²) in [5.41, 5.74) is 2.11. The van der Waals surface area contributed by atoms with Crippen LogP contribution in [0, 0.1) is 6.92 Å². The third-order valence-electron chi connectivity index (χ3n) is 4.10. The monoisotopic (exact) mass is 417 g/mol. The molecule has 0 fully saturated rings. The molecule has 0 aromatic heterocycles. The normalized spacial score (nSPS) is 12.1. The van der Waals surface area contributed by atoms with Crippen LogP contribution in [0.2, 0.25) is 0 Å². The number of rotatable bonds is 9. The molecule has 0 heterocycles. The molecule has 2 aromatic rings.